The summed E-state index contributed by atoms with van der Waals surface area (Å²) in [6.07, 6.45) is 7.51. The maximum absolute atomic E-state index is 11.0. The SMILES string of the molecule is C=N/C(=C\N(C)C1=C(O)C=CCC1)CC(C)(O)c1ccc(C)cc1C. The van der Waals surface area contributed by atoms with Gasteiger partial charge in [0.15, 0.2) is 0 Å². The van der Waals surface area contributed by atoms with Crippen molar-refractivity contribution in [2.24, 2.45) is 4.99 Å². The van der Waals surface area contributed by atoms with Gasteiger partial charge in [-0.15, -0.1) is 0 Å². The first kappa shape index (κ1) is 19.0. The molecule has 0 aromatic heterocycles. The number of aliphatic hydroxyl groups is 2. The van der Waals surface area contributed by atoms with Crippen LogP contribution in [0, 0.1) is 13.8 Å². The predicted molar refractivity (Wildman–Crippen MR) is 104 cm³/mol. The monoisotopic (exact) mass is 340 g/mol. The molecule has 0 saturated heterocycles. The zero-order valence-corrected chi connectivity index (χ0v) is 15.6. The van der Waals surface area contributed by atoms with Crippen LogP contribution in [0.4, 0.5) is 0 Å². The van der Waals surface area contributed by atoms with Gasteiger partial charge in [0.05, 0.1) is 17.0 Å². The van der Waals surface area contributed by atoms with Gasteiger partial charge in [-0.05, 0) is 57.5 Å². The number of benzene rings is 1. The Morgan fingerprint density at radius 2 is 2.12 bits per heavy atom. The highest BCUT2D eigenvalue weighted by Crippen LogP contribution is 2.32. The summed E-state index contributed by atoms with van der Waals surface area (Å²) in [5.74, 6) is 0.273. The number of nitrogens with zero attached hydrogens (tertiary/aromatic N) is 2. The highest BCUT2D eigenvalue weighted by molar-refractivity contribution is 5.37. The maximum Gasteiger partial charge on any atom is 0.134 e. The molecule has 4 heteroatoms. The van der Waals surface area contributed by atoms with Gasteiger partial charge in [0.25, 0.3) is 0 Å². The normalized spacial score (nSPS) is 17.4. The van der Waals surface area contributed by atoms with Crippen LogP contribution in [0.1, 0.15) is 42.9 Å². The smallest absolute Gasteiger partial charge is 0.134 e. The molecule has 1 unspecified atom stereocenters. The zero-order chi connectivity index (χ0) is 18.6. The van der Waals surface area contributed by atoms with E-state index in [0.29, 0.717) is 12.1 Å². The van der Waals surface area contributed by atoms with Gasteiger partial charge in [-0.2, -0.15) is 0 Å². The molecule has 1 aliphatic carbocycles. The van der Waals surface area contributed by atoms with Crippen molar-refractivity contribution >= 4 is 6.72 Å². The molecule has 1 aromatic carbocycles. The average molecular weight is 340 g/mol. The van der Waals surface area contributed by atoms with E-state index in [0.717, 1.165) is 29.7 Å². The van der Waals surface area contributed by atoms with Crippen molar-refractivity contribution in [3.8, 4) is 0 Å². The second kappa shape index (κ2) is 7.70. The van der Waals surface area contributed by atoms with Crippen LogP contribution in [0.5, 0.6) is 0 Å². The van der Waals surface area contributed by atoms with Crippen molar-refractivity contribution in [3.63, 3.8) is 0 Å². The molecule has 134 valence electrons. The summed E-state index contributed by atoms with van der Waals surface area (Å²) in [5.41, 5.74) is 3.57. The Kier molecular flexibility index (Phi) is 5.85. The molecule has 1 aliphatic rings. The molecule has 0 amide bonds. The Hall–Kier alpha value is -2.33. The second-order valence-electron chi connectivity index (χ2n) is 6.93. The van der Waals surface area contributed by atoms with Gasteiger partial charge in [-0.1, -0.05) is 29.8 Å². The Labute approximate surface area is 150 Å². The first-order valence-electron chi connectivity index (χ1n) is 8.53. The van der Waals surface area contributed by atoms with Crippen molar-refractivity contribution in [1.29, 1.82) is 0 Å². The van der Waals surface area contributed by atoms with E-state index in [1.54, 1.807) is 13.0 Å². The quantitative estimate of drug-likeness (QED) is 0.750. The molecule has 4 nitrogen and oxygen atoms in total. The average Bonchev–Trinajstić information content (AvgIpc) is 2.53. The third-order valence-electron chi connectivity index (χ3n) is 4.58. The lowest BCUT2D eigenvalue weighted by Gasteiger charge is -2.27. The lowest BCUT2D eigenvalue weighted by molar-refractivity contribution is 0.0564. The zero-order valence-electron chi connectivity index (χ0n) is 15.6. The molecule has 2 rings (SSSR count). The standard InChI is InChI=1S/C21H28N2O2/c1-15-10-11-18(16(2)12-15)21(3,25)13-17(22-4)14-23(5)19-8-6-7-9-20(19)24/h7,9-12,14,24-25H,4,6,8,13H2,1-3,5H3/b17-14-. The summed E-state index contributed by atoms with van der Waals surface area (Å²) < 4.78 is 0. The molecular weight excluding hydrogens is 312 g/mol. The number of hydrogen-bond donors (Lipinski definition) is 2. The number of aliphatic hydroxyl groups excluding tert-OH is 1. The van der Waals surface area contributed by atoms with Crippen LogP contribution in [0.3, 0.4) is 0 Å². The van der Waals surface area contributed by atoms with Crippen LogP contribution in [0.2, 0.25) is 0 Å². The number of allylic oxidation sites excluding steroid dienone is 3. The van der Waals surface area contributed by atoms with Crippen molar-refractivity contribution in [1.82, 2.24) is 4.90 Å². The summed E-state index contributed by atoms with van der Waals surface area (Å²) in [4.78, 5) is 5.96. The molecule has 0 bridgehead atoms. The number of aliphatic imine (C=N–C) groups is 1. The topological polar surface area (TPSA) is 56.1 Å². The Morgan fingerprint density at radius 3 is 2.72 bits per heavy atom. The molecule has 1 atom stereocenters. The first-order valence-corrected chi connectivity index (χ1v) is 8.53. The minimum Gasteiger partial charge on any atom is -0.506 e. The first-order chi connectivity index (χ1) is 11.7. The summed E-state index contributed by atoms with van der Waals surface area (Å²) in [7, 11) is 1.88. The van der Waals surface area contributed by atoms with E-state index in [2.05, 4.69) is 17.8 Å². The molecule has 25 heavy (non-hydrogen) atoms. The van der Waals surface area contributed by atoms with E-state index < -0.39 is 5.60 Å². The van der Waals surface area contributed by atoms with Crippen molar-refractivity contribution in [2.75, 3.05) is 7.05 Å². The van der Waals surface area contributed by atoms with Gasteiger partial charge in [0.2, 0.25) is 0 Å². The largest absolute Gasteiger partial charge is 0.506 e. The summed E-state index contributed by atoms with van der Waals surface area (Å²) in [6, 6.07) is 6.04. The lowest BCUT2D eigenvalue weighted by Crippen LogP contribution is -2.24. The van der Waals surface area contributed by atoms with Crippen LogP contribution in [0.25, 0.3) is 0 Å². The van der Waals surface area contributed by atoms with Crippen molar-refractivity contribution in [2.45, 2.75) is 45.6 Å². The summed E-state index contributed by atoms with van der Waals surface area (Å²) in [5, 5.41) is 21.0. The van der Waals surface area contributed by atoms with Gasteiger partial charge >= 0.3 is 0 Å². The van der Waals surface area contributed by atoms with Crippen LogP contribution >= 0.6 is 0 Å². The summed E-state index contributed by atoms with van der Waals surface area (Å²) >= 11 is 0. The maximum atomic E-state index is 11.0. The molecule has 0 fully saturated rings. The van der Waals surface area contributed by atoms with Crippen LogP contribution in [0.15, 0.2) is 58.7 Å². The Balaban J connectivity index is 2.25. The van der Waals surface area contributed by atoms with Gasteiger partial charge in [0.1, 0.15) is 5.76 Å². The molecule has 0 heterocycles. The van der Waals surface area contributed by atoms with Crippen molar-refractivity contribution in [3.05, 3.63) is 70.4 Å². The highest BCUT2D eigenvalue weighted by Gasteiger charge is 2.26. The van der Waals surface area contributed by atoms with Crippen LogP contribution in [-0.2, 0) is 5.60 Å². The predicted octanol–water partition coefficient (Wildman–Crippen LogP) is 4.49. The van der Waals surface area contributed by atoms with E-state index in [9.17, 15) is 10.2 Å². The number of aryl methyl sites for hydroxylation is 2. The van der Waals surface area contributed by atoms with Gasteiger partial charge < -0.3 is 15.1 Å². The fourth-order valence-electron chi connectivity index (χ4n) is 3.31. The fraction of sp³-hybridized carbons (Fsp3) is 0.381. The minimum absolute atomic E-state index is 0.273. The molecule has 0 spiro atoms. The molecule has 0 radical (unpaired) electrons. The number of rotatable bonds is 6. The second-order valence-corrected chi connectivity index (χ2v) is 6.93. The van der Waals surface area contributed by atoms with E-state index in [4.69, 9.17) is 0 Å². The van der Waals surface area contributed by atoms with Crippen LogP contribution < -0.4 is 0 Å². The Morgan fingerprint density at radius 1 is 1.40 bits per heavy atom. The third-order valence-corrected chi connectivity index (χ3v) is 4.58. The molecule has 2 N–H and O–H groups in total. The van der Waals surface area contributed by atoms with Gasteiger partial charge in [-0.25, -0.2) is 0 Å². The van der Waals surface area contributed by atoms with Crippen LogP contribution in [-0.4, -0.2) is 28.9 Å². The fourth-order valence-corrected chi connectivity index (χ4v) is 3.31. The van der Waals surface area contributed by atoms with E-state index in [1.165, 1.54) is 5.56 Å². The Bertz CT molecular complexity index is 742. The number of hydrogen-bond acceptors (Lipinski definition) is 4. The summed E-state index contributed by atoms with van der Waals surface area (Å²) in [6.45, 7) is 9.48. The molecule has 0 aliphatic heterocycles. The lowest BCUT2D eigenvalue weighted by atomic mass is 9.87. The van der Waals surface area contributed by atoms with Crippen molar-refractivity contribution < 1.29 is 10.2 Å². The minimum atomic E-state index is -1.05. The molecular formula is C21H28N2O2. The van der Waals surface area contributed by atoms with E-state index in [1.807, 2.05) is 50.2 Å². The van der Waals surface area contributed by atoms with Gasteiger partial charge in [0, 0.05) is 19.7 Å². The van der Waals surface area contributed by atoms with E-state index >= 15 is 0 Å². The third kappa shape index (κ3) is 4.60. The molecule has 1 aromatic rings. The van der Waals surface area contributed by atoms with E-state index in [-0.39, 0.29) is 5.76 Å². The highest BCUT2D eigenvalue weighted by atomic mass is 16.3. The molecule has 0 saturated carbocycles. The van der Waals surface area contributed by atoms with Gasteiger partial charge in [-0.3, -0.25) is 4.99 Å².